The maximum absolute atomic E-state index is 12.7. The van der Waals surface area contributed by atoms with E-state index in [2.05, 4.69) is 4.72 Å². The zero-order chi connectivity index (χ0) is 17.9. The monoisotopic (exact) mass is 356 g/mol. The van der Waals surface area contributed by atoms with Gasteiger partial charge in [0.2, 0.25) is 15.9 Å². The zero-order valence-corrected chi connectivity index (χ0v) is 15.2. The second kappa shape index (κ2) is 7.40. The molecule has 0 fully saturated rings. The minimum absolute atomic E-state index is 0.0453. The van der Waals surface area contributed by atoms with Crippen LogP contribution in [0.15, 0.2) is 23.1 Å². The third-order valence-corrected chi connectivity index (χ3v) is 5.12. The zero-order valence-electron chi connectivity index (χ0n) is 14.4. The van der Waals surface area contributed by atoms with Gasteiger partial charge in [-0.1, -0.05) is 13.8 Å². The Morgan fingerprint density at radius 1 is 1.17 bits per heavy atom. The SMILES string of the molecule is CC(C)C(NS(=O)(=O)c1ccc2c(c1)OCCCO2)C(=O)N(C)C. The van der Waals surface area contributed by atoms with Crippen molar-refractivity contribution in [2.24, 2.45) is 5.92 Å². The van der Waals surface area contributed by atoms with Crippen LogP contribution in [0.3, 0.4) is 0 Å². The Bertz CT molecular complexity index is 700. The van der Waals surface area contributed by atoms with Crippen molar-refractivity contribution < 1.29 is 22.7 Å². The van der Waals surface area contributed by atoms with Crippen molar-refractivity contribution in [3.63, 3.8) is 0 Å². The number of benzene rings is 1. The van der Waals surface area contributed by atoms with Crippen LogP contribution in [0.5, 0.6) is 11.5 Å². The minimum atomic E-state index is -3.86. The molecule has 24 heavy (non-hydrogen) atoms. The lowest BCUT2D eigenvalue weighted by Gasteiger charge is -2.24. The predicted molar refractivity (Wildman–Crippen MR) is 89.7 cm³/mol. The molecule has 1 aromatic carbocycles. The number of nitrogens with zero attached hydrogens (tertiary/aromatic N) is 1. The summed E-state index contributed by atoms with van der Waals surface area (Å²) >= 11 is 0. The summed E-state index contributed by atoms with van der Waals surface area (Å²) in [5.74, 6) is 0.449. The van der Waals surface area contributed by atoms with Gasteiger partial charge in [-0.25, -0.2) is 8.42 Å². The minimum Gasteiger partial charge on any atom is -0.490 e. The van der Waals surface area contributed by atoms with Gasteiger partial charge in [-0.15, -0.1) is 0 Å². The Morgan fingerprint density at radius 2 is 1.79 bits per heavy atom. The first-order valence-electron chi connectivity index (χ1n) is 7.85. The van der Waals surface area contributed by atoms with Crippen LogP contribution in [0.2, 0.25) is 0 Å². The molecule has 1 amide bonds. The number of fused-ring (bicyclic) bond motifs is 1. The van der Waals surface area contributed by atoms with Crippen LogP contribution in [-0.2, 0) is 14.8 Å². The predicted octanol–water partition coefficient (Wildman–Crippen LogP) is 1.24. The fourth-order valence-corrected chi connectivity index (χ4v) is 3.65. The molecule has 1 N–H and O–H groups in total. The van der Waals surface area contributed by atoms with Gasteiger partial charge in [0.05, 0.1) is 18.1 Å². The van der Waals surface area contributed by atoms with Crippen LogP contribution in [0, 0.1) is 5.92 Å². The number of rotatable bonds is 5. The number of carbonyl (C=O) groups excluding carboxylic acids is 1. The second-order valence-corrected chi connectivity index (χ2v) is 7.95. The van der Waals surface area contributed by atoms with E-state index in [1.54, 1.807) is 34.0 Å². The average Bonchev–Trinajstić information content (AvgIpc) is 2.76. The molecule has 1 unspecified atom stereocenters. The van der Waals surface area contributed by atoms with Gasteiger partial charge in [0.15, 0.2) is 11.5 Å². The molecule has 7 nitrogen and oxygen atoms in total. The van der Waals surface area contributed by atoms with E-state index in [0.29, 0.717) is 24.7 Å². The van der Waals surface area contributed by atoms with Gasteiger partial charge in [-0.3, -0.25) is 4.79 Å². The normalized spacial score (nSPS) is 15.7. The number of carbonyl (C=O) groups is 1. The van der Waals surface area contributed by atoms with E-state index >= 15 is 0 Å². The van der Waals surface area contributed by atoms with E-state index < -0.39 is 16.1 Å². The number of sulfonamides is 1. The Kier molecular flexibility index (Phi) is 5.71. The van der Waals surface area contributed by atoms with Crippen LogP contribution in [0.1, 0.15) is 20.3 Å². The Labute approximate surface area is 143 Å². The molecule has 0 saturated carbocycles. The number of ether oxygens (including phenoxy) is 2. The van der Waals surface area contributed by atoms with Crippen LogP contribution in [0.4, 0.5) is 0 Å². The van der Waals surface area contributed by atoms with Gasteiger partial charge >= 0.3 is 0 Å². The lowest BCUT2D eigenvalue weighted by atomic mass is 10.0. The number of nitrogens with one attached hydrogen (secondary N) is 1. The second-order valence-electron chi connectivity index (χ2n) is 6.23. The highest BCUT2D eigenvalue weighted by molar-refractivity contribution is 7.89. The lowest BCUT2D eigenvalue weighted by Crippen LogP contribution is -2.49. The van der Waals surface area contributed by atoms with E-state index in [1.165, 1.54) is 17.0 Å². The Balaban J connectivity index is 2.29. The summed E-state index contributed by atoms with van der Waals surface area (Å²) < 4.78 is 38.9. The largest absolute Gasteiger partial charge is 0.490 e. The van der Waals surface area contributed by atoms with E-state index in [9.17, 15) is 13.2 Å². The first-order chi connectivity index (χ1) is 11.2. The molecule has 1 aromatic rings. The number of amides is 1. The number of likely N-dealkylation sites (N-methyl/N-ethyl adjacent to an activating group) is 1. The standard InChI is InChI=1S/C16H24N2O5S/c1-11(2)15(16(19)18(3)4)17-24(20,21)12-6-7-13-14(10-12)23-9-5-8-22-13/h6-7,10-11,15,17H,5,8-9H2,1-4H3. The summed E-state index contributed by atoms with van der Waals surface area (Å²) in [4.78, 5) is 13.6. The van der Waals surface area contributed by atoms with Gasteiger partial charge in [0, 0.05) is 26.6 Å². The molecule has 1 aliphatic heterocycles. The Hall–Kier alpha value is -1.80. The highest BCUT2D eigenvalue weighted by Gasteiger charge is 2.30. The maximum Gasteiger partial charge on any atom is 0.241 e. The molecule has 0 radical (unpaired) electrons. The van der Waals surface area contributed by atoms with Crippen molar-refractivity contribution >= 4 is 15.9 Å². The van der Waals surface area contributed by atoms with E-state index in [0.717, 1.165) is 6.42 Å². The summed E-state index contributed by atoms with van der Waals surface area (Å²) in [7, 11) is -0.668. The highest BCUT2D eigenvalue weighted by atomic mass is 32.2. The van der Waals surface area contributed by atoms with E-state index in [1.807, 2.05) is 0 Å². The fourth-order valence-electron chi connectivity index (χ4n) is 2.30. The molecule has 2 rings (SSSR count). The van der Waals surface area contributed by atoms with E-state index in [4.69, 9.17) is 9.47 Å². The molecule has 0 spiro atoms. The molecular weight excluding hydrogens is 332 g/mol. The molecule has 1 aliphatic rings. The number of hydrogen-bond donors (Lipinski definition) is 1. The lowest BCUT2D eigenvalue weighted by molar-refractivity contribution is -0.131. The van der Waals surface area contributed by atoms with Gasteiger partial charge in [-0.05, 0) is 18.1 Å². The van der Waals surface area contributed by atoms with Crippen molar-refractivity contribution in [2.45, 2.75) is 31.2 Å². The molecular formula is C16H24N2O5S. The van der Waals surface area contributed by atoms with Crippen molar-refractivity contribution in [3.8, 4) is 11.5 Å². The number of hydrogen-bond acceptors (Lipinski definition) is 5. The molecule has 8 heteroatoms. The van der Waals surface area contributed by atoms with Crippen LogP contribution in [0.25, 0.3) is 0 Å². The van der Waals surface area contributed by atoms with Gasteiger partial charge in [-0.2, -0.15) is 4.72 Å². The fraction of sp³-hybridized carbons (Fsp3) is 0.562. The molecule has 0 bridgehead atoms. The van der Waals surface area contributed by atoms with Crippen LogP contribution < -0.4 is 14.2 Å². The molecule has 0 aliphatic carbocycles. The van der Waals surface area contributed by atoms with Crippen LogP contribution in [-0.4, -0.2) is 52.6 Å². The first-order valence-corrected chi connectivity index (χ1v) is 9.34. The van der Waals surface area contributed by atoms with Gasteiger partial charge < -0.3 is 14.4 Å². The quantitative estimate of drug-likeness (QED) is 0.858. The summed E-state index contributed by atoms with van der Waals surface area (Å²) in [5.41, 5.74) is 0. The van der Waals surface area contributed by atoms with Gasteiger partial charge in [0.1, 0.15) is 6.04 Å². The molecule has 1 heterocycles. The topological polar surface area (TPSA) is 84.9 Å². The Morgan fingerprint density at radius 3 is 2.38 bits per heavy atom. The van der Waals surface area contributed by atoms with Crippen LogP contribution >= 0.6 is 0 Å². The third-order valence-electron chi connectivity index (χ3n) is 3.68. The molecule has 134 valence electrons. The molecule has 0 saturated heterocycles. The molecule has 1 atom stereocenters. The third kappa shape index (κ3) is 4.18. The van der Waals surface area contributed by atoms with Gasteiger partial charge in [0.25, 0.3) is 0 Å². The van der Waals surface area contributed by atoms with Crippen molar-refractivity contribution in [2.75, 3.05) is 27.3 Å². The highest BCUT2D eigenvalue weighted by Crippen LogP contribution is 2.32. The smallest absolute Gasteiger partial charge is 0.241 e. The maximum atomic E-state index is 12.7. The summed E-state index contributed by atoms with van der Waals surface area (Å²) in [6, 6.07) is 3.63. The average molecular weight is 356 g/mol. The first kappa shape index (κ1) is 18.5. The van der Waals surface area contributed by atoms with Crippen molar-refractivity contribution in [1.29, 1.82) is 0 Å². The van der Waals surface area contributed by atoms with E-state index in [-0.39, 0.29) is 16.7 Å². The van der Waals surface area contributed by atoms with Crippen molar-refractivity contribution in [3.05, 3.63) is 18.2 Å². The van der Waals surface area contributed by atoms with Crippen molar-refractivity contribution in [1.82, 2.24) is 9.62 Å². The summed E-state index contributed by atoms with van der Waals surface area (Å²) in [5, 5.41) is 0. The molecule has 0 aromatic heterocycles. The summed E-state index contributed by atoms with van der Waals surface area (Å²) in [6.07, 6.45) is 0.738. The summed E-state index contributed by atoms with van der Waals surface area (Å²) in [6.45, 7) is 4.59.